The fourth-order valence-corrected chi connectivity index (χ4v) is 2.64. The predicted octanol–water partition coefficient (Wildman–Crippen LogP) is 1.62. The van der Waals surface area contributed by atoms with Gasteiger partial charge in [-0.05, 0) is 24.1 Å². The molecule has 3 aromatic rings. The largest absolute Gasteiger partial charge is 0.412 e. The van der Waals surface area contributed by atoms with Crippen molar-refractivity contribution in [3.8, 4) is 5.75 Å². The van der Waals surface area contributed by atoms with Crippen LogP contribution in [0, 0.1) is 0 Å². The summed E-state index contributed by atoms with van der Waals surface area (Å²) in [6.07, 6.45) is 0.196. The number of benzene rings is 2. The Morgan fingerprint density at radius 2 is 2.00 bits per heavy atom. The molecule has 3 rings (SSSR count). The molecule has 0 atom stereocenters. The standard InChI is InChI=1S/C18H20N4O3/c19-9-11-22-16-12-14(6-7-15(16)21-17(22)23)25-18(24)20-10-8-13-4-2-1-3-5-13/h1-7,12H,8-11,19H2,(H,20,24)(H,21,23). The van der Waals surface area contributed by atoms with Crippen molar-refractivity contribution in [2.75, 3.05) is 13.1 Å². The minimum atomic E-state index is -0.529. The zero-order valence-corrected chi connectivity index (χ0v) is 13.7. The number of amides is 1. The number of hydrogen-bond donors (Lipinski definition) is 3. The van der Waals surface area contributed by atoms with E-state index in [1.165, 1.54) is 4.57 Å². The second kappa shape index (κ2) is 7.67. The van der Waals surface area contributed by atoms with Gasteiger partial charge in [0.1, 0.15) is 5.75 Å². The van der Waals surface area contributed by atoms with Crippen molar-refractivity contribution >= 4 is 17.1 Å². The molecule has 0 aliphatic rings. The fourth-order valence-electron chi connectivity index (χ4n) is 2.64. The van der Waals surface area contributed by atoms with E-state index in [2.05, 4.69) is 10.3 Å². The molecule has 0 aliphatic carbocycles. The Morgan fingerprint density at radius 1 is 1.20 bits per heavy atom. The maximum absolute atomic E-state index is 11.9. The van der Waals surface area contributed by atoms with Crippen LogP contribution in [-0.2, 0) is 13.0 Å². The number of hydrogen-bond acceptors (Lipinski definition) is 4. The van der Waals surface area contributed by atoms with Crippen molar-refractivity contribution in [1.29, 1.82) is 0 Å². The number of ether oxygens (including phenoxy) is 1. The van der Waals surface area contributed by atoms with Gasteiger partial charge in [-0.3, -0.25) is 4.57 Å². The van der Waals surface area contributed by atoms with E-state index < -0.39 is 6.09 Å². The van der Waals surface area contributed by atoms with Crippen LogP contribution in [0.25, 0.3) is 11.0 Å². The smallest absolute Gasteiger partial charge is 0.410 e. The first-order chi connectivity index (χ1) is 12.2. The number of imidazole rings is 1. The van der Waals surface area contributed by atoms with Crippen molar-refractivity contribution in [2.24, 2.45) is 5.73 Å². The van der Waals surface area contributed by atoms with Crippen LogP contribution in [0.3, 0.4) is 0 Å². The molecule has 25 heavy (non-hydrogen) atoms. The number of carbonyl (C=O) groups is 1. The van der Waals surface area contributed by atoms with Crippen LogP contribution in [-0.4, -0.2) is 28.7 Å². The first kappa shape index (κ1) is 16.8. The van der Waals surface area contributed by atoms with Crippen LogP contribution < -0.4 is 21.5 Å². The van der Waals surface area contributed by atoms with Crippen molar-refractivity contribution < 1.29 is 9.53 Å². The van der Waals surface area contributed by atoms with Gasteiger partial charge in [0.15, 0.2) is 0 Å². The second-order valence-corrected chi connectivity index (χ2v) is 5.60. The highest BCUT2D eigenvalue weighted by Gasteiger charge is 2.09. The predicted molar refractivity (Wildman–Crippen MR) is 95.8 cm³/mol. The Bertz CT molecular complexity index is 915. The molecule has 4 N–H and O–H groups in total. The fraction of sp³-hybridized carbons (Fsp3) is 0.222. The normalized spacial score (nSPS) is 10.8. The number of aromatic amines is 1. The van der Waals surface area contributed by atoms with E-state index in [1.807, 2.05) is 30.3 Å². The highest BCUT2D eigenvalue weighted by Crippen LogP contribution is 2.18. The van der Waals surface area contributed by atoms with Crippen LogP contribution in [0.1, 0.15) is 5.56 Å². The number of nitrogens with two attached hydrogens (primary N) is 1. The molecule has 1 amide bonds. The van der Waals surface area contributed by atoms with E-state index in [4.69, 9.17) is 10.5 Å². The number of rotatable bonds is 6. The molecule has 1 aromatic heterocycles. The number of fused-ring (bicyclic) bond motifs is 1. The van der Waals surface area contributed by atoms with Crippen LogP contribution in [0.5, 0.6) is 5.75 Å². The Balaban J connectivity index is 1.62. The van der Waals surface area contributed by atoms with E-state index >= 15 is 0 Å². The first-order valence-corrected chi connectivity index (χ1v) is 8.09. The number of nitrogens with one attached hydrogen (secondary N) is 2. The summed E-state index contributed by atoms with van der Waals surface area (Å²) in [4.78, 5) is 26.5. The van der Waals surface area contributed by atoms with Gasteiger partial charge in [-0.15, -0.1) is 0 Å². The third-order valence-electron chi connectivity index (χ3n) is 3.84. The van der Waals surface area contributed by atoms with Crippen molar-refractivity contribution in [1.82, 2.24) is 14.9 Å². The third-order valence-corrected chi connectivity index (χ3v) is 3.84. The Morgan fingerprint density at radius 3 is 2.76 bits per heavy atom. The van der Waals surface area contributed by atoms with Gasteiger partial charge in [0.05, 0.1) is 11.0 Å². The maximum Gasteiger partial charge on any atom is 0.412 e. The van der Waals surface area contributed by atoms with Crippen LogP contribution >= 0.6 is 0 Å². The van der Waals surface area contributed by atoms with Gasteiger partial charge in [0.2, 0.25) is 0 Å². The molecule has 0 unspecified atom stereocenters. The van der Waals surface area contributed by atoms with Crippen molar-refractivity contribution in [2.45, 2.75) is 13.0 Å². The molecular formula is C18H20N4O3. The van der Waals surface area contributed by atoms with E-state index in [-0.39, 0.29) is 5.69 Å². The lowest BCUT2D eigenvalue weighted by atomic mass is 10.1. The summed E-state index contributed by atoms with van der Waals surface area (Å²) in [6, 6.07) is 14.9. The summed E-state index contributed by atoms with van der Waals surface area (Å²) in [5.74, 6) is 0.370. The Kier molecular flexibility index (Phi) is 5.15. The SMILES string of the molecule is NCCn1c(=O)[nH]c2ccc(OC(=O)NCCc3ccccc3)cc21. The highest BCUT2D eigenvalue weighted by molar-refractivity contribution is 5.79. The van der Waals surface area contributed by atoms with Gasteiger partial charge in [0, 0.05) is 25.7 Å². The molecule has 0 fully saturated rings. The van der Waals surface area contributed by atoms with Gasteiger partial charge in [0.25, 0.3) is 0 Å². The maximum atomic E-state index is 11.9. The minimum Gasteiger partial charge on any atom is -0.410 e. The molecule has 7 heteroatoms. The van der Waals surface area contributed by atoms with Crippen molar-refractivity contribution in [3.05, 3.63) is 64.6 Å². The van der Waals surface area contributed by atoms with E-state index in [0.29, 0.717) is 36.4 Å². The lowest BCUT2D eigenvalue weighted by Gasteiger charge is -2.07. The molecule has 0 aliphatic heterocycles. The van der Waals surface area contributed by atoms with Gasteiger partial charge in [-0.25, -0.2) is 9.59 Å². The zero-order valence-electron chi connectivity index (χ0n) is 13.7. The van der Waals surface area contributed by atoms with E-state index in [9.17, 15) is 9.59 Å². The molecule has 7 nitrogen and oxygen atoms in total. The highest BCUT2D eigenvalue weighted by atomic mass is 16.6. The molecule has 0 spiro atoms. The average molecular weight is 340 g/mol. The molecule has 1 heterocycles. The number of H-pyrrole nitrogens is 1. The van der Waals surface area contributed by atoms with Crippen LogP contribution in [0.2, 0.25) is 0 Å². The summed E-state index contributed by atoms with van der Waals surface area (Å²) in [5, 5.41) is 2.72. The number of aromatic nitrogens is 2. The third kappa shape index (κ3) is 4.07. The van der Waals surface area contributed by atoms with Crippen LogP contribution in [0.4, 0.5) is 4.79 Å². The van der Waals surface area contributed by atoms with Gasteiger partial charge >= 0.3 is 11.8 Å². The van der Waals surface area contributed by atoms with Gasteiger partial charge in [-0.1, -0.05) is 30.3 Å². The summed E-state index contributed by atoms with van der Waals surface area (Å²) in [5.41, 5.74) is 7.78. The topological polar surface area (TPSA) is 102 Å². The van der Waals surface area contributed by atoms with Crippen LogP contribution in [0.15, 0.2) is 53.3 Å². The average Bonchev–Trinajstić information content (AvgIpc) is 2.92. The summed E-state index contributed by atoms with van der Waals surface area (Å²) >= 11 is 0. The molecular weight excluding hydrogens is 320 g/mol. The second-order valence-electron chi connectivity index (χ2n) is 5.60. The molecule has 0 radical (unpaired) electrons. The van der Waals surface area contributed by atoms with E-state index in [0.717, 1.165) is 12.0 Å². The number of nitrogens with zero attached hydrogens (tertiary/aromatic N) is 1. The Hall–Kier alpha value is -3.06. The zero-order chi connectivity index (χ0) is 17.6. The molecule has 130 valence electrons. The molecule has 0 bridgehead atoms. The Labute approximate surface area is 144 Å². The lowest BCUT2D eigenvalue weighted by Crippen LogP contribution is -2.28. The summed E-state index contributed by atoms with van der Waals surface area (Å²) in [6.45, 7) is 1.22. The molecule has 0 saturated heterocycles. The van der Waals surface area contributed by atoms with E-state index in [1.54, 1.807) is 18.2 Å². The summed E-state index contributed by atoms with van der Waals surface area (Å²) in [7, 11) is 0. The van der Waals surface area contributed by atoms with Crippen molar-refractivity contribution in [3.63, 3.8) is 0 Å². The first-order valence-electron chi connectivity index (χ1n) is 8.09. The van der Waals surface area contributed by atoms with Gasteiger partial charge in [-0.2, -0.15) is 0 Å². The molecule has 2 aromatic carbocycles. The monoisotopic (exact) mass is 340 g/mol. The molecule has 0 saturated carbocycles. The lowest BCUT2D eigenvalue weighted by molar-refractivity contribution is 0.200. The quantitative estimate of drug-likeness (QED) is 0.634. The van der Waals surface area contributed by atoms with Gasteiger partial charge < -0.3 is 20.8 Å². The minimum absolute atomic E-state index is 0.232. The summed E-state index contributed by atoms with van der Waals surface area (Å²) < 4.78 is 6.82. The number of carbonyl (C=O) groups excluding carboxylic acids is 1.